The van der Waals surface area contributed by atoms with Crippen molar-refractivity contribution in [2.24, 2.45) is 0 Å². The van der Waals surface area contributed by atoms with Crippen molar-refractivity contribution in [3.8, 4) is 6.07 Å². The van der Waals surface area contributed by atoms with E-state index in [2.05, 4.69) is 31.9 Å². The zero-order chi connectivity index (χ0) is 15.2. The quantitative estimate of drug-likeness (QED) is 0.900. The van der Waals surface area contributed by atoms with Crippen LogP contribution < -0.4 is 10.6 Å². The van der Waals surface area contributed by atoms with E-state index in [-0.39, 0.29) is 0 Å². The molecule has 112 valence electrons. The van der Waals surface area contributed by atoms with Gasteiger partial charge in [-0.05, 0) is 25.0 Å². The summed E-state index contributed by atoms with van der Waals surface area (Å²) < 4.78 is 0. The van der Waals surface area contributed by atoms with Crippen LogP contribution in [0.1, 0.15) is 37.7 Å². The fourth-order valence-corrected chi connectivity index (χ4v) is 2.68. The highest BCUT2D eigenvalue weighted by Crippen LogP contribution is 2.21. The second-order valence-electron chi connectivity index (χ2n) is 5.43. The number of rotatable bonds is 4. The van der Waals surface area contributed by atoms with Crippen molar-refractivity contribution < 1.29 is 0 Å². The lowest BCUT2D eigenvalue weighted by Gasteiger charge is -2.22. The lowest BCUT2D eigenvalue weighted by Crippen LogP contribution is -2.23. The minimum atomic E-state index is 0.428. The Morgan fingerprint density at radius 1 is 1.14 bits per heavy atom. The van der Waals surface area contributed by atoms with Crippen molar-refractivity contribution in [1.29, 1.82) is 5.26 Å². The molecule has 0 saturated heterocycles. The van der Waals surface area contributed by atoms with Crippen LogP contribution in [0, 0.1) is 11.3 Å². The van der Waals surface area contributed by atoms with Crippen molar-refractivity contribution >= 4 is 17.5 Å². The molecule has 1 aliphatic rings. The Morgan fingerprint density at radius 2 is 1.95 bits per heavy atom. The molecule has 0 spiro atoms. The van der Waals surface area contributed by atoms with Gasteiger partial charge in [0.2, 0.25) is 5.95 Å². The second kappa shape index (κ2) is 6.85. The van der Waals surface area contributed by atoms with E-state index in [4.69, 9.17) is 5.26 Å². The Balaban J connectivity index is 1.72. The van der Waals surface area contributed by atoms with Gasteiger partial charge in [0, 0.05) is 6.04 Å². The van der Waals surface area contributed by atoms with Gasteiger partial charge in [0.1, 0.15) is 6.07 Å². The number of hydrogen-bond donors (Lipinski definition) is 2. The van der Waals surface area contributed by atoms with Gasteiger partial charge in [0.25, 0.3) is 0 Å². The first-order chi connectivity index (χ1) is 10.8. The second-order valence-corrected chi connectivity index (χ2v) is 5.43. The van der Waals surface area contributed by atoms with E-state index < -0.39 is 0 Å². The molecule has 1 saturated carbocycles. The maximum absolute atomic E-state index is 9.12. The van der Waals surface area contributed by atoms with Gasteiger partial charge < -0.3 is 10.6 Å². The summed E-state index contributed by atoms with van der Waals surface area (Å²) in [4.78, 5) is 4.43. The molecule has 1 aromatic heterocycles. The minimum Gasteiger partial charge on any atom is -0.350 e. The topological polar surface area (TPSA) is 86.5 Å². The molecule has 0 amide bonds. The minimum absolute atomic E-state index is 0.428. The fraction of sp³-hybridized carbons (Fsp3) is 0.375. The molecule has 1 aromatic carbocycles. The summed E-state index contributed by atoms with van der Waals surface area (Å²) >= 11 is 0. The summed E-state index contributed by atoms with van der Waals surface area (Å²) in [6.07, 6.45) is 7.66. The van der Waals surface area contributed by atoms with Crippen molar-refractivity contribution in [3.05, 3.63) is 36.0 Å². The lowest BCUT2D eigenvalue weighted by atomic mass is 9.96. The van der Waals surface area contributed by atoms with Gasteiger partial charge >= 0.3 is 0 Å². The molecule has 2 aromatic rings. The highest BCUT2D eigenvalue weighted by molar-refractivity contribution is 5.64. The van der Waals surface area contributed by atoms with E-state index in [0.29, 0.717) is 29.1 Å². The van der Waals surface area contributed by atoms with Gasteiger partial charge in [-0.25, -0.2) is 0 Å². The Kier molecular flexibility index (Phi) is 4.44. The van der Waals surface area contributed by atoms with Crippen LogP contribution in [-0.4, -0.2) is 21.2 Å². The highest BCUT2D eigenvalue weighted by Gasteiger charge is 2.14. The molecule has 3 rings (SSSR count). The number of aromatic nitrogens is 3. The maximum Gasteiger partial charge on any atom is 0.244 e. The van der Waals surface area contributed by atoms with E-state index in [1.807, 2.05) is 18.2 Å². The maximum atomic E-state index is 9.12. The molecular formula is C16H18N6. The zero-order valence-electron chi connectivity index (χ0n) is 12.3. The fourth-order valence-electron chi connectivity index (χ4n) is 2.68. The summed E-state index contributed by atoms with van der Waals surface area (Å²) in [5, 5.41) is 23.6. The smallest absolute Gasteiger partial charge is 0.244 e. The molecular weight excluding hydrogens is 276 g/mol. The Morgan fingerprint density at radius 3 is 2.77 bits per heavy atom. The normalized spacial score (nSPS) is 15.0. The van der Waals surface area contributed by atoms with E-state index in [1.54, 1.807) is 12.3 Å². The van der Waals surface area contributed by atoms with Crippen LogP contribution in [0.4, 0.5) is 17.5 Å². The molecule has 22 heavy (non-hydrogen) atoms. The summed E-state index contributed by atoms with van der Waals surface area (Å²) in [6, 6.07) is 9.89. The average Bonchev–Trinajstić information content (AvgIpc) is 2.57. The van der Waals surface area contributed by atoms with E-state index >= 15 is 0 Å². The van der Waals surface area contributed by atoms with Crippen LogP contribution in [0.2, 0.25) is 0 Å². The SMILES string of the molecule is N#Cc1ccccc1Nc1cnnc(NC2CCCCC2)n1. The lowest BCUT2D eigenvalue weighted by molar-refractivity contribution is 0.460. The summed E-state index contributed by atoms with van der Waals surface area (Å²) in [7, 11) is 0. The van der Waals surface area contributed by atoms with Crippen LogP contribution in [0.5, 0.6) is 0 Å². The number of benzene rings is 1. The molecule has 0 aliphatic heterocycles. The van der Waals surface area contributed by atoms with Gasteiger partial charge in [0.05, 0.1) is 17.4 Å². The first kappa shape index (κ1) is 14.3. The third-order valence-corrected chi connectivity index (χ3v) is 3.81. The van der Waals surface area contributed by atoms with Gasteiger partial charge in [-0.2, -0.15) is 15.3 Å². The number of nitriles is 1. The predicted molar refractivity (Wildman–Crippen MR) is 84.8 cm³/mol. The number of anilines is 3. The van der Waals surface area contributed by atoms with E-state index in [1.165, 1.54) is 19.3 Å². The summed E-state index contributed by atoms with van der Waals surface area (Å²) in [6.45, 7) is 0. The van der Waals surface area contributed by atoms with Crippen LogP contribution in [0.25, 0.3) is 0 Å². The molecule has 1 heterocycles. The van der Waals surface area contributed by atoms with Crippen LogP contribution in [0.3, 0.4) is 0 Å². The average molecular weight is 294 g/mol. The molecule has 0 bridgehead atoms. The van der Waals surface area contributed by atoms with Crippen LogP contribution in [-0.2, 0) is 0 Å². The van der Waals surface area contributed by atoms with Gasteiger partial charge in [0.15, 0.2) is 5.82 Å². The number of nitrogens with zero attached hydrogens (tertiary/aromatic N) is 4. The van der Waals surface area contributed by atoms with E-state index in [9.17, 15) is 0 Å². The molecule has 1 aliphatic carbocycles. The molecule has 0 unspecified atom stereocenters. The van der Waals surface area contributed by atoms with Crippen molar-refractivity contribution in [3.63, 3.8) is 0 Å². The van der Waals surface area contributed by atoms with Crippen LogP contribution >= 0.6 is 0 Å². The van der Waals surface area contributed by atoms with Crippen molar-refractivity contribution in [2.45, 2.75) is 38.1 Å². The standard InChI is InChI=1S/C16H18N6/c17-10-12-6-4-5-9-14(12)20-15-11-18-22-16(21-15)19-13-7-2-1-3-8-13/h4-6,9,11,13H,1-3,7-8H2,(H2,19,20,21,22). The Hall–Kier alpha value is -2.68. The molecule has 0 atom stereocenters. The summed E-state index contributed by atoms with van der Waals surface area (Å²) in [5.74, 6) is 1.11. The van der Waals surface area contributed by atoms with Gasteiger partial charge in [-0.15, -0.1) is 5.10 Å². The first-order valence-electron chi connectivity index (χ1n) is 7.57. The highest BCUT2D eigenvalue weighted by atomic mass is 15.3. The number of hydrogen-bond acceptors (Lipinski definition) is 6. The monoisotopic (exact) mass is 294 g/mol. The third-order valence-electron chi connectivity index (χ3n) is 3.81. The Labute approximate surface area is 129 Å². The molecule has 0 radical (unpaired) electrons. The van der Waals surface area contributed by atoms with Gasteiger partial charge in [-0.3, -0.25) is 0 Å². The molecule has 2 N–H and O–H groups in total. The summed E-state index contributed by atoms with van der Waals surface area (Å²) in [5.41, 5.74) is 1.29. The van der Waals surface area contributed by atoms with E-state index in [0.717, 1.165) is 12.8 Å². The van der Waals surface area contributed by atoms with Gasteiger partial charge in [-0.1, -0.05) is 31.4 Å². The molecule has 6 nitrogen and oxygen atoms in total. The van der Waals surface area contributed by atoms with Crippen molar-refractivity contribution in [1.82, 2.24) is 15.2 Å². The zero-order valence-corrected chi connectivity index (χ0v) is 12.3. The Bertz CT molecular complexity index is 672. The largest absolute Gasteiger partial charge is 0.350 e. The van der Waals surface area contributed by atoms with Crippen molar-refractivity contribution in [2.75, 3.05) is 10.6 Å². The number of para-hydroxylation sites is 1. The molecule has 6 heteroatoms. The molecule has 1 fully saturated rings. The third kappa shape index (κ3) is 3.50. The first-order valence-corrected chi connectivity index (χ1v) is 7.57. The van der Waals surface area contributed by atoms with Crippen LogP contribution in [0.15, 0.2) is 30.5 Å². The predicted octanol–water partition coefficient (Wildman–Crippen LogP) is 3.23. The number of nitrogens with one attached hydrogen (secondary N) is 2.